The topological polar surface area (TPSA) is 65.5 Å². The Labute approximate surface area is 142 Å². The molecule has 6 heteroatoms. The Morgan fingerprint density at radius 3 is 2.88 bits per heavy atom. The van der Waals surface area contributed by atoms with Crippen LogP contribution in [0.25, 0.3) is 0 Å². The average Bonchev–Trinajstić information content (AvgIpc) is 3.10. The van der Waals surface area contributed by atoms with Crippen LogP contribution in [0.3, 0.4) is 0 Å². The van der Waals surface area contributed by atoms with Gasteiger partial charge in [-0.25, -0.2) is 4.98 Å². The largest absolute Gasteiger partial charge is 0.352 e. The highest BCUT2D eigenvalue weighted by atomic mass is 16.2. The monoisotopic (exact) mass is 328 g/mol. The summed E-state index contributed by atoms with van der Waals surface area (Å²) in [6.45, 7) is 0.959. The molecule has 1 aromatic heterocycles. The minimum atomic E-state index is -0.158. The molecule has 1 saturated carbocycles. The van der Waals surface area contributed by atoms with Gasteiger partial charge in [0, 0.05) is 18.8 Å². The van der Waals surface area contributed by atoms with Crippen LogP contribution in [-0.2, 0) is 9.59 Å². The maximum atomic E-state index is 12.9. The lowest BCUT2D eigenvalue weighted by molar-refractivity contribution is -0.125. The first-order valence-corrected chi connectivity index (χ1v) is 9.06. The molecule has 1 aliphatic carbocycles. The van der Waals surface area contributed by atoms with Crippen molar-refractivity contribution in [3.05, 3.63) is 18.3 Å². The van der Waals surface area contributed by atoms with E-state index in [1.54, 1.807) is 11.1 Å². The van der Waals surface area contributed by atoms with Gasteiger partial charge in [0.05, 0.1) is 5.69 Å². The molecule has 1 atom stereocenters. The molecule has 0 bridgehead atoms. The van der Waals surface area contributed by atoms with Crippen molar-refractivity contribution < 1.29 is 9.59 Å². The molecule has 3 heterocycles. The molecule has 0 aromatic carbocycles. The van der Waals surface area contributed by atoms with E-state index >= 15 is 0 Å². The van der Waals surface area contributed by atoms with Crippen LogP contribution in [0.5, 0.6) is 0 Å². The maximum absolute atomic E-state index is 12.9. The Balaban J connectivity index is 1.52. The number of carbonyl (C=O) groups excluding carboxylic acids is 2. The molecule has 2 fully saturated rings. The second-order valence-corrected chi connectivity index (χ2v) is 7.02. The van der Waals surface area contributed by atoms with Gasteiger partial charge in [0.2, 0.25) is 11.8 Å². The Hall–Kier alpha value is -2.11. The summed E-state index contributed by atoms with van der Waals surface area (Å²) in [5.74, 6) is 0.813. The van der Waals surface area contributed by atoms with E-state index in [-0.39, 0.29) is 30.4 Å². The lowest BCUT2D eigenvalue weighted by Gasteiger charge is -2.38. The van der Waals surface area contributed by atoms with Crippen LogP contribution in [0, 0.1) is 0 Å². The average molecular weight is 328 g/mol. The first-order valence-electron chi connectivity index (χ1n) is 9.06. The van der Waals surface area contributed by atoms with Gasteiger partial charge in [0.15, 0.2) is 5.82 Å². The van der Waals surface area contributed by atoms with Crippen molar-refractivity contribution in [3.8, 4) is 0 Å². The van der Waals surface area contributed by atoms with Crippen molar-refractivity contribution in [2.24, 2.45) is 0 Å². The minimum Gasteiger partial charge on any atom is -0.352 e. The van der Waals surface area contributed by atoms with Gasteiger partial charge >= 0.3 is 0 Å². The standard InChI is InChI=1S/C18H24N4O2/c23-16(20-13-6-2-1-3-7-13)12-22-14-8-4-10-19-17(14)21-11-5-9-15(21)18(22)24/h4,8,10,13,15H,1-3,5-7,9,11-12H2,(H,20,23)/t15-/m1/s1. The van der Waals surface area contributed by atoms with E-state index in [2.05, 4.69) is 15.2 Å². The van der Waals surface area contributed by atoms with Crippen molar-refractivity contribution in [2.75, 3.05) is 22.9 Å². The molecule has 24 heavy (non-hydrogen) atoms. The summed E-state index contributed by atoms with van der Waals surface area (Å²) in [4.78, 5) is 33.6. The zero-order valence-corrected chi connectivity index (χ0v) is 13.9. The van der Waals surface area contributed by atoms with Crippen LogP contribution in [0.1, 0.15) is 44.9 Å². The highest BCUT2D eigenvalue weighted by molar-refractivity contribution is 6.08. The van der Waals surface area contributed by atoms with Crippen molar-refractivity contribution in [3.63, 3.8) is 0 Å². The summed E-state index contributed by atoms with van der Waals surface area (Å²) in [5.41, 5.74) is 0.763. The molecular formula is C18H24N4O2. The number of amides is 2. The molecule has 128 valence electrons. The third-order valence-electron chi connectivity index (χ3n) is 5.40. The van der Waals surface area contributed by atoms with Crippen LogP contribution in [0.4, 0.5) is 11.5 Å². The van der Waals surface area contributed by atoms with Gasteiger partial charge in [-0.3, -0.25) is 14.5 Å². The Morgan fingerprint density at radius 2 is 2.04 bits per heavy atom. The van der Waals surface area contributed by atoms with Gasteiger partial charge in [-0.1, -0.05) is 19.3 Å². The molecule has 4 rings (SSSR count). The van der Waals surface area contributed by atoms with Gasteiger partial charge in [0.1, 0.15) is 12.6 Å². The van der Waals surface area contributed by atoms with Crippen LogP contribution < -0.4 is 15.1 Å². The van der Waals surface area contributed by atoms with Crippen molar-refractivity contribution in [1.29, 1.82) is 0 Å². The van der Waals surface area contributed by atoms with E-state index in [1.165, 1.54) is 19.3 Å². The van der Waals surface area contributed by atoms with E-state index in [0.717, 1.165) is 43.7 Å². The molecular weight excluding hydrogens is 304 g/mol. The lowest BCUT2D eigenvalue weighted by Crippen LogP contribution is -2.54. The highest BCUT2D eigenvalue weighted by Gasteiger charge is 2.42. The van der Waals surface area contributed by atoms with Gasteiger partial charge in [0.25, 0.3) is 0 Å². The number of anilines is 2. The number of nitrogens with one attached hydrogen (secondary N) is 1. The molecule has 1 N–H and O–H groups in total. The summed E-state index contributed by atoms with van der Waals surface area (Å²) in [6.07, 6.45) is 9.30. The number of fused-ring (bicyclic) bond motifs is 3. The number of hydrogen-bond donors (Lipinski definition) is 1. The third kappa shape index (κ3) is 2.74. The Morgan fingerprint density at radius 1 is 1.21 bits per heavy atom. The number of rotatable bonds is 3. The Bertz CT molecular complexity index is 642. The fourth-order valence-corrected chi connectivity index (χ4v) is 4.22. The molecule has 0 unspecified atom stereocenters. The highest BCUT2D eigenvalue weighted by Crippen LogP contribution is 2.38. The summed E-state index contributed by atoms with van der Waals surface area (Å²) < 4.78 is 0. The van der Waals surface area contributed by atoms with Crippen LogP contribution in [-0.4, -0.2) is 42.0 Å². The molecule has 2 amide bonds. The summed E-state index contributed by atoms with van der Waals surface area (Å²) in [7, 11) is 0. The van der Waals surface area contributed by atoms with E-state index in [9.17, 15) is 9.59 Å². The smallest absolute Gasteiger partial charge is 0.250 e. The van der Waals surface area contributed by atoms with Crippen LogP contribution in [0.2, 0.25) is 0 Å². The zero-order chi connectivity index (χ0) is 16.5. The molecule has 6 nitrogen and oxygen atoms in total. The van der Waals surface area contributed by atoms with Gasteiger partial charge in [-0.05, 0) is 37.8 Å². The van der Waals surface area contributed by atoms with Crippen molar-refractivity contribution >= 4 is 23.3 Å². The third-order valence-corrected chi connectivity index (χ3v) is 5.40. The van der Waals surface area contributed by atoms with Gasteiger partial charge in [-0.2, -0.15) is 0 Å². The molecule has 3 aliphatic rings. The summed E-state index contributed by atoms with van der Waals surface area (Å²) >= 11 is 0. The number of aromatic nitrogens is 1. The van der Waals surface area contributed by atoms with Crippen molar-refractivity contribution in [2.45, 2.75) is 57.0 Å². The lowest BCUT2D eigenvalue weighted by atomic mass is 9.95. The predicted octanol–water partition coefficient (Wildman–Crippen LogP) is 1.85. The number of hydrogen-bond acceptors (Lipinski definition) is 4. The first-order chi connectivity index (χ1) is 11.7. The van der Waals surface area contributed by atoms with Gasteiger partial charge in [-0.15, -0.1) is 0 Å². The van der Waals surface area contributed by atoms with E-state index in [0.29, 0.717) is 0 Å². The maximum Gasteiger partial charge on any atom is 0.250 e. The minimum absolute atomic E-state index is 0.0341. The van der Waals surface area contributed by atoms with Gasteiger partial charge < -0.3 is 10.2 Å². The molecule has 1 saturated heterocycles. The first kappa shape index (κ1) is 15.4. The fourth-order valence-electron chi connectivity index (χ4n) is 4.22. The normalized spacial score (nSPS) is 23.8. The fraction of sp³-hybridized carbons (Fsp3) is 0.611. The number of nitrogens with zero attached hydrogens (tertiary/aromatic N) is 3. The molecule has 2 aliphatic heterocycles. The Kier molecular flexibility index (Phi) is 4.12. The second-order valence-electron chi connectivity index (χ2n) is 7.02. The van der Waals surface area contributed by atoms with E-state index < -0.39 is 0 Å². The number of carbonyl (C=O) groups is 2. The SMILES string of the molecule is O=C(CN1C(=O)[C@H]2CCCN2c2ncccc21)NC1CCCCC1. The van der Waals surface area contributed by atoms with Crippen LogP contribution in [0.15, 0.2) is 18.3 Å². The van der Waals surface area contributed by atoms with Crippen molar-refractivity contribution in [1.82, 2.24) is 10.3 Å². The molecule has 1 aromatic rings. The number of pyridine rings is 1. The second kappa shape index (κ2) is 6.42. The van der Waals surface area contributed by atoms with E-state index in [4.69, 9.17) is 0 Å². The quantitative estimate of drug-likeness (QED) is 0.919. The molecule has 0 radical (unpaired) electrons. The summed E-state index contributed by atoms with van der Waals surface area (Å²) in [6, 6.07) is 3.83. The predicted molar refractivity (Wildman–Crippen MR) is 92.0 cm³/mol. The molecule has 0 spiro atoms. The van der Waals surface area contributed by atoms with E-state index in [1.807, 2.05) is 12.1 Å². The van der Waals surface area contributed by atoms with Crippen LogP contribution >= 0.6 is 0 Å². The summed E-state index contributed by atoms with van der Waals surface area (Å²) in [5, 5.41) is 3.11. The zero-order valence-electron chi connectivity index (χ0n) is 13.9.